The van der Waals surface area contributed by atoms with E-state index in [0.29, 0.717) is 30.8 Å². The second-order valence-corrected chi connectivity index (χ2v) is 3.88. The second kappa shape index (κ2) is 4.51. The second-order valence-electron chi connectivity index (χ2n) is 3.88. The van der Waals surface area contributed by atoms with Crippen LogP contribution in [0.1, 0.15) is 16.8 Å². The van der Waals surface area contributed by atoms with Crippen molar-refractivity contribution in [2.24, 2.45) is 5.84 Å². The lowest BCUT2D eigenvalue weighted by molar-refractivity contribution is 0.0766. The molecule has 1 fully saturated rings. The van der Waals surface area contributed by atoms with Gasteiger partial charge in [0.25, 0.3) is 5.91 Å². The Morgan fingerprint density at radius 2 is 2.25 bits per heavy atom. The number of hydrogen-bond donors (Lipinski definition) is 3. The van der Waals surface area contributed by atoms with Crippen molar-refractivity contribution in [3.8, 4) is 0 Å². The van der Waals surface area contributed by atoms with Gasteiger partial charge in [0.2, 0.25) is 0 Å². The Hall–Kier alpha value is -1.59. The van der Waals surface area contributed by atoms with Gasteiger partial charge in [-0.05, 0) is 18.6 Å². The molecule has 1 amide bonds. The number of carbonyl (C=O) groups is 1. The molecule has 1 atom stereocenters. The molecule has 5 nitrogen and oxygen atoms in total. The molecule has 5 heteroatoms. The predicted molar refractivity (Wildman–Crippen MR) is 60.8 cm³/mol. The van der Waals surface area contributed by atoms with Gasteiger partial charge >= 0.3 is 0 Å². The molecular weight excluding hydrogens is 206 g/mol. The highest BCUT2D eigenvalue weighted by Crippen LogP contribution is 2.19. The van der Waals surface area contributed by atoms with Gasteiger partial charge in [-0.2, -0.15) is 0 Å². The number of aliphatic hydroxyl groups excluding tert-OH is 1. The first kappa shape index (κ1) is 10.9. The number of β-amino-alcohol motifs (C(OH)–C–C–N with tert-alkyl or cyclic N) is 1. The SMILES string of the molecule is NNc1ccccc1C(=O)N1CCC(O)C1. The molecular formula is C11H15N3O2. The van der Waals surface area contributed by atoms with Gasteiger partial charge in [-0.25, -0.2) is 0 Å². The van der Waals surface area contributed by atoms with Gasteiger partial charge in [0.15, 0.2) is 0 Å². The van der Waals surface area contributed by atoms with Crippen LogP contribution in [0.5, 0.6) is 0 Å². The molecule has 0 saturated carbocycles. The number of nitrogens with two attached hydrogens (primary N) is 1. The number of nitrogens with zero attached hydrogens (tertiary/aromatic N) is 1. The van der Waals surface area contributed by atoms with E-state index in [1.54, 1.807) is 23.1 Å². The van der Waals surface area contributed by atoms with Crippen molar-refractivity contribution in [3.63, 3.8) is 0 Å². The van der Waals surface area contributed by atoms with E-state index in [-0.39, 0.29) is 5.91 Å². The number of nitrogens with one attached hydrogen (secondary N) is 1. The topological polar surface area (TPSA) is 78.6 Å². The maximum Gasteiger partial charge on any atom is 0.256 e. The van der Waals surface area contributed by atoms with E-state index in [9.17, 15) is 9.90 Å². The molecule has 0 bridgehead atoms. The summed E-state index contributed by atoms with van der Waals surface area (Å²) >= 11 is 0. The zero-order valence-corrected chi connectivity index (χ0v) is 8.89. The third-order valence-electron chi connectivity index (χ3n) is 2.76. The highest BCUT2D eigenvalue weighted by molar-refractivity contribution is 5.99. The molecule has 1 saturated heterocycles. The van der Waals surface area contributed by atoms with E-state index >= 15 is 0 Å². The normalized spacial score (nSPS) is 19.9. The minimum absolute atomic E-state index is 0.0925. The van der Waals surface area contributed by atoms with Crippen LogP contribution in [-0.2, 0) is 0 Å². The molecule has 1 aliphatic rings. The Kier molecular flexibility index (Phi) is 3.07. The average Bonchev–Trinajstić information content (AvgIpc) is 2.75. The van der Waals surface area contributed by atoms with Crippen molar-refractivity contribution in [2.45, 2.75) is 12.5 Å². The minimum Gasteiger partial charge on any atom is -0.391 e. The first-order valence-electron chi connectivity index (χ1n) is 5.25. The Balaban J connectivity index is 2.20. The highest BCUT2D eigenvalue weighted by atomic mass is 16.3. The molecule has 1 aromatic carbocycles. The van der Waals surface area contributed by atoms with E-state index in [1.165, 1.54) is 0 Å². The van der Waals surface area contributed by atoms with Crippen molar-refractivity contribution >= 4 is 11.6 Å². The third kappa shape index (κ3) is 2.00. The number of benzene rings is 1. The number of para-hydroxylation sites is 1. The maximum atomic E-state index is 12.1. The Labute approximate surface area is 93.8 Å². The summed E-state index contributed by atoms with van der Waals surface area (Å²) in [4.78, 5) is 13.7. The molecule has 1 aliphatic heterocycles. The molecule has 1 heterocycles. The Morgan fingerprint density at radius 1 is 1.50 bits per heavy atom. The fourth-order valence-electron chi connectivity index (χ4n) is 1.89. The van der Waals surface area contributed by atoms with Crippen molar-refractivity contribution < 1.29 is 9.90 Å². The summed E-state index contributed by atoms with van der Waals surface area (Å²) in [5.41, 5.74) is 3.65. The van der Waals surface area contributed by atoms with Crippen LogP contribution < -0.4 is 11.3 Å². The molecule has 86 valence electrons. The Morgan fingerprint density at radius 3 is 2.88 bits per heavy atom. The predicted octanol–water partition coefficient (Wildman–Crippen LogP) is 0.179. The van der Waals surface area contributed by atoms with Gasteiger partial charge in [0.1, 0.15) is 0 Å². The minimum atomic E-state index is -0.401. The van der Waals surface area contributed by atoms with Crippen molar-refractivity contribution in [1.29, 1.82) is 0 Å². The van der Waals surface area contributed by atoms with Gasteiger partial charge in [0.05, 0.1) is 17.4 Å². The number of nitrogen functional groups attached to an aromatic ring is 1. The van der Waals surface area contributed by atoms with Gasteiger partial charge in [-0.3, -0.25) is 10.6 Å². The first-order chi connectivity index (χ1) is 7.72. The van der Waals surface area contributed by atoms with Crippen molar-refractivity contribution in [1.82, 2.24) is 4.90 Å². The molecule has 0 aliphatic carbocycles. The molecule has 16 heavy (non-hydrogen) atoms. The lowest BCUT2D eigenvalue weighted by Gasteiger charge is -2.17. The zero-order chi connectivity index (χ0) is 11.5. The summed E-state index contributed by atoms with van der Waals surface area (Å²) in [7, 11) is 0. The van der Waals surface area contributed by atoms with Gasteiger partial charge in [-0.1, -0.05) is 12.1 Å². The summed E-state index contributed by atoms with van der Waals surface area (Å²) < 4.78 is 0. The summed E-state index contributed by atoms with van der Waals surface area (Å²) in [6.45, 7) is 0.997. The monoisotopic (exact) mass is 221 g/mol. The number of anilines is 1. The number of aliphatic hydroxyl groups is 1. The number of likely N-dealkylation sites (tertiary alicyclic amines) is 1. The molecule has 1 unspecified atom stereocenters. The summed E-state index contributed by atoms with van der Waals surface area (Å²) in [5, 5.41) is 9.39. The summed E-state index contributed by atoms with van der Waals surface area (Å²) in [6.07, 6.45) is 0.242. The van der Waals surface area contributed by atoms with Crippen LogP contribution in [0.15, 0.2) is 24.3 Å². The van der Waals surface area contributed by atoms with E-state index in [0.717, 1.165) is 0 Å². The number of hydrogen-bond acceptors (Lipinski definition) is 4. The van der Waals surface area contributed by atoms with Gasteiger partial charge < -0.3 is 15.4 Å². The van der Waals surface area contributed by atoms with E-state index in [1.807, 2.05) is 6.07 Å². The fraction of sp³-hybridized carbons (Fsp3) is 0.364. The van der Waals surface area contributed by atoms with Crippen LogP contribution in [0.25, 0.3) is 0 Å². The van der Waals surface area contributed by atoms with E-state index in [2.05, 4.69) is 5.43 Å². The zero-order valence-electron chi connectivity index (χ0n) is 8.89. The van der Waals surface area contributed by atoms with Gasteiger partial charge in [-0.15, -0.1) is 0 Å². The fourth-order valence-corrected chi connectivity index (χ4v) is 1.89. The maximum absolute atomic E-state index is 12.1. The molecule has 1 aromatic rings. The van der Waals surface area contributed by atoms with E-state index < -0.39 is 6.10 Å². The van der Waals surface area contributed by atoms with E-state index in [4.69, 9.17) is 5.84 Å². The van der Waals surface area contributed by atoms with Crippen LogP contribution in [0.3, 0.4) is 0 Å². The quantitative estimate of drug-likeness (QED) is 0.491. The first-order valence-corrected chi connectivity index (χ1v) is 5.25. The molecule has 0 spiro atoms. The van der Waals surface area contributed by atoms with Crippen molar-refractivity contribution in [2.75, 3.05) is 18.5 Å². The molecule has 0 aromatic heterocycles. The molecule has 0 radical (unpaired) electrons. The standard InChI is InChI=1S/C11H15N3O2/c12-13-10-4-2-1-3-9(10)11(16)14-6-5-8(15)7-14/h1-4,8,13,15H,5-7,12H2. The number of hydrazine groups is 1. The number of amides is 1. The van der Waals surface area contributed by atoms with Crippen LogP contribution in [0.4, 0.5) is 5.69 Å². The number of rotatable bonds is 2. The Bertz CT molecular complexity index is 395. The van der Waals surface area contributed by atoms with Crippen LogP contribution >= 0.6 is 0 Å². The lowest BCUT2D eigenvalue weighted by atomic mass is 10.1. The molecule has 4 N–H and O–H groups in total. The molecule has 2 rings (SSSR count). The lowest BCUT2D eigenvalue weighted by Crippen LogP contribution is -2.30. The van der Waals surface area contributed by atoms with Crippen LogP contribution in [0.2, 0.25) is 0 Å². The average molecular weight is 221 g/mol. The largest absolute Gasteiger partial charge is 0.391 e. The van der Waals surface area contributed by atoms with Crippen LogP contribution in [0, 0.1) is 0 Å². The summed E-state index contributed by atoms with van der Waals surface area (Å²) in [5.74, 6) is 5.25. The number of carbonyl (C=O) groups excluding carboxylic acids is 1. The van der Waals surface area contributed by atoms with Crippen molar-refractivity contribution in [3.05, 3.63) is 29.8 Å². The van der Waals surface area contributed by atoms with Gasteiger partial charge in [0, 0.05) is 13.1 Å². The smallest absolute Gasteiger partial charge is 0.256 e. The van der Waals surface area contributed by atoms with Crippen LogP contribution in [-0.4, -0.2) is 35.1 Å². The third-order valence-corrected chi connectivity index (χ3v) is 2.76. The summed E-state index contributed by atoms with van der Waals surface area (Å²) in [6, 6.07) is 7.08. The highest BCUT2D eigenvalue weighted by Gasteiger charge is 2.26.